The molecule has 0 atom stereocenters. The molecule has 9 heteroatoms. The molecule has 0 heterocycles. The van der Waals surface area contributed by atoms with E-state index in [0.29, 0.717) is 24.2 Å². The van der Waals surface area contributed by atoms with Crippen LogP contribution in [0.25, 0.3) is 0 Å². The summed E-state index contributed by atoms with van der Waals surface area (Å²) in [6.07, 6.45) is 3.76. The van der Waals surface area contributed by atoms with Crippen LogP contribution in [0, 0.1) is 0 Å². The normalized spacial score (nSPS) is 10.1. The van der Waals surface area contributed by atoms with E-state index in [2.05, 4.69) is 9.98 Å². The molecule has 0 aliphatic rings. The summed E-state index contributed by atoms with van der Waals surface area (Å²) in [6, 6.07) is 10.0. The average molecular weight is 458 g/mol. The Hall–Kier alpha value is -3.06. The number of carbonyl (C=O) groups is 1. The summed E-state index contributed by atoms with van der Waals surface area (Å²) in [5.41, 5.74) is 0.931. The quantitative estimate of drug-likeness (QED) is 0.255. The van der Waals surface area contributed by atoms with Crippen LogP contribution >= 0.6 is 0 Å². The topological polar surface area (TPSA) is 110 Å². The van der Waals surface area contributed by atoms with Crippen LogP contribution in [0.5, 0.6) is 23.0 Å². The number of hydrogen-bond donors (Lipinski definition) is 0. The molecular formula is C21H25N3NiO5. The van der Waals surface area contributed by atoms with Crippen LogP contribution in [0.4, 0.5) is 0 Å². The fourth-order valence-corrected chi connectivity index (χ4v) is 2.03. The molecule has 2 rings (SSSR count). The molecule has 2 aromatic carbocycles. The van der Waals surface area contributed by atoms with Gasteiger partial charge in [-0.25, -0.2) is 0 Å². The average Bonchev–Trinajstić information content (AvgIpc) is 2.73. The Bertz CT molecular complexity index is 778. The van der Waals surface area contributed by atoms with Gasteiger partial charge in [-0.2, -0.15) is 0 Å². The van der Waals surface area contributed by atoms with E-state index >= 15 is 0 Å². The first kappa shape index (κ1) is 26.9. The van der Waals surface area contributed by atoms with Crippen molar-refractivity contribution in [1.82, 2.24) is 4.90 Å². The van der Waals surface area contributed by atoms with Crippen LogP contribution in [-0.4, -0.2) is 65.1 Å². The number of para-hydroxylation sites is 2. The Morgan fingerprint density at radius 1 is 0.867 bits per heavy atom. The zero-order valence-corrected chi connectivity index (χ0v) is 18.3. The first-order valence-electron chi connectivity index (χ1n) is 8.74. The molecule has 0 N–H and O–H groups in total. The van der Waals surface area contributed by atoms with Crippen molar-refractivity contribution in [3.05, 3.63) is 47.5 Å². The third kappa shape index (κ3) is 8.96. The van der Waals surface area contributed by atoms with E-state index < -0.39 is 0 Å². The molecule has 164 valence electrons. The summed E-state index contributed by atoms with van der Waals surface area (Å²) in [4.78, 5) is 19.2. The first-order chi connectivity index (χ1) is 13.9. The maximum absolute atomic E-state index is 11.9. The molecule has 8 nitrogen and oxygen atoms in total. The van der Waals surface area contributed by atoms with Crippen molar-refractivity contribution in [1.29, 1.82) is 0 Å². The molecule has 0 saturated heterocycles. The maximum atomic E-state index is 11.9. The van der Waals surface area contributed by atoms with Gasteiger partial charge in [0, 0.05) is 26.5 Å². The molecule has 0 aromatic heterocycles. The van der Waals surface area contributed by atoms with Crippen LogP contribution < -0.4 is 19.7 Å². The van der Waals surface area contributed by atoms with Crippen molar-refractivity contribution >= 4 is 18.8 Å². The number of carbonyl (C=O) groups excluding carboxylic acids is 1. The van der Waals surface area contributed by atoms with Crippen molar-refractivity contribution in [2.24, 2.45) is 9.98 Å². The second kappa shape index (κ2) is 14.9. The van der Waals surface area contributed by atoms with E-state index in [1.54, 1.807) is 50.5 Å². The molecule has 2 aromatic rings. The maximum Gasteiger partial charge on any atom is 2.00 e. The second-order valence-electron chi connectivity index (χ2n) is 5.90. The van der Waals surface area contributed by atoms with Crippen LogP contribution in [0.3, 0.4) is 0 Å². The van der Waals surface area contributed by atoms with Crippen molar-refractivity contribution in [3.8, 4) is 23.0 Å². The van der Waals surface area contributed by atoms with E-state index in [1.807, 2.05) is 0 Å². The third-order valence-electron chi connectivity index (χ3n) is 3.49. The molecule has 1 amide bonds. The number of ether oxygens (including phenoxy) is 2. The molecular weight excluding hydrogens is 433 g/mol. The molecule has 0 aliphatic heterocycles. The van der Waals surface area contributed by atoms with Gasteiger partial charge in [0.1, 0.15) is 11.5 Å². The standard InChI is InChI=1S/C18H20N2O4.C3H7NO.Ni/c1-23-15-7-3-5-13(17(15)21)11-19-9-10-20-12-14-6-4-8-16(24-2)18(14)22;1-4(2)3-5;/h3-8,11-12,21-22H,9-10H2,1-2H3;3H,1-2H3;/q;;+2/p-2. The number of hydrogen-bond acceptors (Lipinski definition) is 7. The van der Waals surface area contributed by atoms with Gasteiger partial charge in [-0.3, -0.25) is 14.8 Å². The number of benzene rings is 2. The molecule has 0 spiro atoms. The van der Waals surface area contributed by atoms with Gasteiger partial charge in [0.25, 0.3) is 0 Å². The minimum absolute atomic E-state index is 0. The van der Waals surface area contributed by atoms with Crippen molar-refractivity contribution in [3.63, 3.8) is 0 Å². The third-order valence-corrected chi connectivity index (χ3v) is 3.49. The number of rotatable bonds is 8. The zero-order chi connectivity index (χ0) is 21.6. The van der Waals surface area contributed by atoms with E-state index in [-0.39, 0.29) is 39.5 Å². The Labute approximate surface area is 186 Å². The summed E-state index contributed by atoms with van der Waals surface area (Å²) in [5.74, 6) is 0.190. The van der Waals surface area contributed by atoms with Gasteiger partial charge in [-0.05, 0) is 23.3 Å². The minimum Gasteiger partial charge on any atom is -0.870 e. The van der Waals surface area contributed by atoms with Crippen molar-refractivity contribution in [2.45, 2.75) is 0 Å². The number of nitrogens with zero attached hydrogens (tertiary/aromatic N) is 3. The molecule has 0 bridgehead atoms. The zero-order valence-electron chi connectivity index (χ0n) is 17.3. The van der Waals surface area contributed by atoms with Gasteiger partial charge in [-0.15, -0.1) is 0 Å². The summed E-state index contributed by atoms with van der Waals surface area (Å²) in [5, 5.41) is 23.8. The SMILES string of the molecule is CN(C)C=O.COc1cccc(C=NCCN=Cc2cccc(OC)c2[O-])c1[O-].[Ni+2]. The molecule has 0 saturated carbocycles. The van der Waals surface area contributed by atoms with Crippen molar-refractivity contribution < 1.29 is 41.0 Å². The second-order valence-corrected chi connectivity index (χ2v) is 5.90. The van der Waals surface area contributed by atoms with Gasteiger partial charge in [-0.1, -0.05) is 35.8 Å². The van der Waals surface area contributed by atoms with Gasteiger partial charge >= 0.3 is 16.5 Å². The predicted octanol–water partition coefficient (Wildman–Crippen LogP) is 1.09. The number of methoxy groups -OCH3 is 2. The van der Waals surface area contributed by atoms with Crippen LogP contribution in [0.15, 0.2) is 46.4 Å². The smallest absolute Gasteiger partial charge is 0.870 e. The molecule has 0 radical (unpaired) electrons. The summed E-state index contributed by atoms with van der Waals surface area (Å²) < 4.78 is 9.94. The largest absolute Gasteiger partial charge is 2.00 e. The summed E-state index contributed by atoms with van der Waals surface area (Å²) >= 11 is 0. The van der Waals surface area contributed by atoms with Crippen LogP contribution in [0.2, 0.25) is 0 Å². The Balaban J connectivity index is 0.00000125. The van der Waals surface area contributed by atoms with E-state index in [1.165, 1.54) is 31.5 Å². The summed E-state index contributed by atoms with van der Waals surface area (Å²) in [6.45, 7) is 0.816. The van der Waals surface area contributed by atoms with Gasteiger partial charge in [0.15, 0.2) is 0 Å². The minimum atomic E-state index is -0.195. The van der Waals surface area contributed by atoms with Gasteiger partial charge < -0.3 is 24.6 Å². The monoisotopic (exact) mass is 457 g/mol. The Morgan fingerprint density at radius 3 is 1.53 bits per heavy atom. The molecule has 0 fully saturated rings. The summed E-state index contributed by atoms with van der Waals surface area (Å²) in [7, 11) is 6.28. The Kier molecular flexibility index (Phi) is 13.4. The van der Waals surface area contributed by atoms with Crippen LogP contribution in [0.1, 0.15) is 11.1 Å². The van der Waals surface area contributed by atoms with Crippen molar-refractivity contribution in [2.75, 3.05) is 41.4 Å². The van der Waals surface area contributed by atoms with E-state index in [9.17, 15) is 15.0 Å². The van der Waals surface area contributed by atoms with E-state index in [4.69, 9.17) is 9.47 Å². The molecule has 0 unspecified atom stereocenters. The van der Waals surface area contributed by atoms with Crippen LogP contribution in [-0.2, 0) is 21.3 Å². The predicted molar refractivity (Wildman–Crippen MR) is 110 cm³/mol. The van der Waals surface area contributed by atoms with E-state index in [0.717, 1.165) is 6.41 Å². The first-order valence-corrected chi connectivity index (χ1v) is 8.74. The van der Waals surface area contributed by atoms with Gasteiger partial charge in [0.05, 0.1) is 27.3 Å². The number of amides is 1. The Morgan fingerprint density at radius 2 is 1.23 bits per heavy atom. The molecule has 30 heavy (non-hydrogen) atoms. The number of aliphatic imine (C=N–C) groups is 2. The molecule has 0 aliphatic carbocycles. The fraction of sp³-hybridized carbons (Fsp3) is 0.286. The fourth-order valence-electron chi connectivity index (χ4n) is 2.03. The van der Waals surface area contributed by atoms with Gasteiger partial charge in [0.2, 0.25) is 6.41 Å².